The molecule has 0 bridgehead atoms. The summed E-state index contributed by atoms with van der Waals surface area (Å²) in [5, 5.41) is 18.8. The van der Waals surface area contributed by atoms with Gasteiger partial charge in [0.2, 0.25) is 0 Å². The zero-order valence-electron chi connectivity index (χ0n) is 9.27. The van der Waals surface area contributed by atoms with Gasteiger partial charge in [-0.05, 0) is 25.8 Å². The van der Waals surface area contributed by atoms with Crippen molar-refractivity contribution in [1.29, 1.82) is 0 Å². The summed E-state index contributed by atoms with van der Waals surface area (Å²) < 4.78 is 4.51. The van der Waals surface area contributed by atoms with Crippen LogP contribution in [0, 0.1) is 5.92 Å². The maximum absolute atomic E-state index is 11.2. The van der Waals surface area contributed by atoms with E-state index in [0.717, 1.165) is 19.5 Å². The lowest BCUT2D eigenvalue weighted by Gasteiger charge is -2.26. The lowest BCUT2D eigenvalue weighted by Crippen LogP contribution is -2.46. The van der Waals surface area contributed by atoms with Crippen LogP contribution < -0.4 is 0 Å². The number of esters is 1. The van der Waals surface area contributed by atoms with E-state index in [-0.39, 0.29) is 19.1 Å². The lowest BCUT2D eigenvalue weighted by molar-refractivity contribution is -0.162. The number of likely N-dealkylation sites (tertiary alicyclic amines) is 1. The highest BCUT2D eigenvalue weighted by molar-refractivity contribution is 5.78. The molecule has 1 fully saturated rings. The molecule has 0 spiro atoms. The van der Waals surface area contributed by atoms with E-state index in [1.165, 1.54) is 14.0 Å². The summed E-state index contributed by atoms with van der Waals surface area (Å²) >= 11 is 0. The van der Waals surface area contributed by atoms with Gasteiger partial charge in [-0.25, -0.2) is 4.79 Å². The highest BCUT2D eigenvalue weighted by Gasteiger charge is 2.35. The van der Waals surface area contributed by atoms with E-state index in [1.54, 1.807) is 0 Å². The van der Waals surface area contributed by atoms with Crippen molar-refractivity contribution in [1.82, 2.24) is 4.90 Å². The van der Waals surface area contributed by atoms with E-state index in [0.29, 0.717) is 0 Å². The summed E-state index contributed by atoms with van der Waals surface area (Å²) in [6, 6.07) is 0. The van der Waals surface area contributed by atoms with Gasteiger partial charge < -0.3 is 14.9 Å². The molecule has 0 saturated carbocycles. The van der Waals surface area contributed by atoms with Crippen LogP contribution in [-0.4, -0.2) is 60.0 Å². The predicted octanol–water partition coefficient (Wildman–Crippen LogP) is -0.775. The fourth-order valence-corrected chi connectivity index (χ4v) is 1.93. The number of hydrogen-bond acceptors (Lipinski definition) is 5. The van der Waals surface area contributed by atoms with Crippen molar-refractivity contribution < 1.29 is 19.7 Å². The number of aliphatic hydroxyl groups excluding tert-OH is 1. The largest absolute Gasteiger partial charge is 0.467 e. The molecule has 15 heavy (non-hydrogen) atoms. The molecule has 5 heteroatoms. The third kappa shape index (κ3) is 3.15. The molecule has 0 aromatic carbocycles. The maximum atomic E-state index is 11.2. The Morgan fingerprint density at radius 2 is 2.33 bits per heavy atom. The average Bonchev–Trinajstić information content (AvgIpc) is 2.63. The molecule has 2 atom stereocenters. The second kappa shape index (κ2) is 4.92. The van der Waals surface area contributed by atoms with Crippen molar-refractivity contribution in [2.24, 2.45) is 5.92 Å². The molecule has 88 valence electrons. The molecule has 0 amide bonds. The van der Waals surface area contributed by atoms with Gasteiger partial charge in [0.25, 0.3) is 0 Å². The standard InChI is InChI=1S/C10H19NO4/c1-10(14,9(13)15-2)7-11-4-3-8(5-11)6-12/h8,12,14H,3-7H2,1-2H3. The van der Waals surface area contributed by atoms with Crippen LogP contribution in [0.25, 0.3) is 0 Å². The van der Waals surface area contributed by atoms with Gasteiger partial charge in [0.15, 0.2) is 5.60 Å². The zero-order valence-corrected chi connectivity index (χ0v) is 9.27. The van der Waals surface area contributed by atoms with E-state index in [9.17, 15) is 9.90 Å². The molecule has 2 unspecified atom stereocenters. The minimum absolute atomic E-state index is 0.164. The molecule has 1 heterocycles. The number of ether oxygens (including phenoxy) is 1. The lowest BCUT2D eigenvalue weighted by atomic mass is 10.1. The number of nitrogens with zero attached hydrogens (tertiary/aromatic N) is 1. The minimum atomic E-state index is -1.46. The Bertz CT molecular complexity index is 229. The Labute approximate surface area is 89.6 Å². The van der Waals surface area contributed by atoms with Crippen molar-refractivity contribution in [3.05, 3.63) is 0 Å². The normalized spacial score (nSPS) is 26.3. The van der Waals surface area contributed by atoms with E-state index in [1.807, 2.05) is 4.90 Å². The van der Waals surface area contributed by atoms with Gasteiger partial charge in [-0.1, -0.05) is 0 Å². The number of β-amino-alcohol motifs (C(OH)–C–C–N with tert-alkyl or cyclic N) is 1. The fraction of sp³-hybridized carbons (Fsp3) is 0.900. The summed E-state index contributed by atoms with van der Waals surface area (Å²) in [6.07, 6.45) is 0.910. The average molecular weight is 217 g/mol. The second-order valence-corrected chi connectivity index (χ2v) is 4.34. The third-order valence-electron chi connectivity index (χ3n) is 2.78. The topological polar surface area (TPSA) is 70.0 Å². The molecule has 0 radical (unpaired) electrons. The van der Waals surface area contributed by atoms with Gasteiger partial charge in [0, 0.05) is 19.7 Å². The Hall–Kier alpha value is -0.650. The summed E-state index contributed by atoms with van der Waals surface area (Å²) in [5.41, 5.74) is -1.46. The van der Waals surface area contributed by atoms with Gasteiger partial charge in [0.05, 0.1) is 7.11 Å². The van der Waals surface area contributed by atoms with Gasteiger partial charge in [-0.3, -0.25) is 4.90 Å². The van der Waals surface area contributed by atoms with Crippen molar-refractivity contribution >= 4 is 5.97 Å². The molecular weight excluding hydrogens is 198 g/mol. The van der Waals surface area contributed by atoms with Crippen LogP contribution in [0.15, 0.2) is 0 Å². The van der Waals surface area contributed by atoms with Crippen LogP contribution in [-0.2, 0) is 9.53 Å². The summed E-state index contributed by atoms with van der Waals surface area (Å²) in [7, 11) is 1.26. The molecule has 0 aliphatic carbocycles. The first-order chi connectivity index (χ1) is 6.99. The minimum Gasteiger partial charge on any atom is -0.467 e. The van der Waals surface area contributed by atoms with Gasteiger partial charge in [0.1, 0.15) is 0 Å². The second-order valence-electron chi connectivity index (χ2n) is 4.34. The highest BCUT2D eigenvalue weighted by atomic mass is 16.5. The van der Waals surface area contributed by atoms with Gasteiger partial charge in [-0.2, -0.15) is 0 Å². The SMILES string of the molecule is COC(=O)C(C)(O)CN1CCC(CO)C1. The maximum Gasteiger partial charge on any atom is 0.338 e. The molecule has 1 rings (SSSR count). The number of hydrogen-bond donors (Lipinski definition) is 2. The van der Waals surface area contributed by atoms with Gasteiger partial charge >= 0.3 is 5.97 Å². The number of methoxy groups -OCH3 is 1. The number of rotatable bonds is 4. The van der Waals surface area contributed by atoms with Crippen LogP contribution in [0.5, 0.6) is 0 Å². The first-order valence-corrected chi connectivity index (χ1v) is 5.13. The van der Waals surface area contributed by atoms with Crippen molar-refractivity contribution in [3.8, 4) is 0 Å². The van der Waals surface area contributed by atoms with Crippen LogP contribution in [0.3, 0.4) is 0 Å². The zero-order chi connectivity index (χ0) is 11.5. The Morgan fingerprint density at radius 3 is 2.80 bits per heavy atom. The fourth-order valence-electron chi connectivity index (χ4n) is 1.93. The monoisotopic (exact) mass is 217 g/mol. The summed E-state index contributed by atoms with van der Waals surface area (Å²) in [6.45, 7) is 3.40. The predicted molar refractivity (Wildman–Crippen MR) is 54.3 cm³/mol. The van der Waals surface area contributed by atoms with Gasteiger partial charge in [-0.15, -0.1) is 0 Å². The number of carbonyl (C=O) groups excluding carboxylic acids is 1. The Balaban J connectivity index is 2.45. The van der Waals surface area contributed by atoms with Crippen molar-refractivity contribution in [3.63, 3.8) is 0 Å². The smallest absolute Gasteiger partial charge is 0.338 e. The first-order valence-electron chi connectivity index (χ1n) is 5.13. The molecule has 1 saturated heterocycles. The molecule has 2 N–H and O–H groups in total. The van der Waals surface area contributed by atoms with Crippen LogP contribution >= 0.6 is 0 Å². The Morgan fingerprint density at radius 1 is 1.67 bits per heavy atom. The third-order valence-corrected chi connectivity index (χ3v) is 2.78. The van der Waals surface area contributed by atoms with E-state index < -0.39 is 11.6 Å². The molecule has 0 aromatic rings. The van der Waals surface area contributed by atoms with Crippen molar-refractivity contribution in [2.45, 2.75) is 18.9 Å². The van der Waals surface area contributed by atoms with Crippen molar-refractivity contribution in [2.75, 3.05) is 33.4 Å². The number of aliphatic hydroxyl groups is 2. The molecule has 0 aromatic heterocycles. The van der Waals surface area contributed by atoms with Crippen LogP contribution in [0.4, 0.5) is 0 Å². The molecular formula is C10H19NO4. The summed E-state index contributed by atoms with van der Waals surface area (Å²) in [5.74, 6) is -0.353. The number of carbonyl (C=O) groups is 1. The molecule has 1 aliphatic rings. The van der Waals surface area contributed by atoms with E-state index in [2.05, 4.69) is 4.74 Å². The molecule has 1 aliphatic heterocycles. The Kier molecular flexibility index (Phi) is 4.07. The quantitative estimate of drug-likeness (QED) is 0.605. The summed E-state index contributed by atoms with van der Waals surface area (Å²) in [4.78, 5) is 13.2. The molecule has 5 nitrogen and oxygen atoms in total. The van der Waals surface area contributed by atoms with E-state index in [4.69, 9.17) is 5.11 Å². The van der Waals surface area contributed by atoms with Crippen LogP contribution in [0.1, 0.15) is 13.3 Å². The first kappa shape index (κ1) is 12.4. The van der Waals surface area contributed by atoms with E-state index >= 15 is 0 Å². The van der Waals surface area contributed by atoms with Crippen LogP contribution in [0.2, 0.25) is 0 Å². The highest BCUT2D eigenvalue weighted by Crippen LogP contribution is 2.18.